The van der Waals surface area contributed by atoms with Crippen molar-refractivity contribution in [1.29, 1.82) is 0 Å². The Bertz CT molecular complexity index is 680. The van der Waals surface area contributed by atoms with Gasteiger partial charge in [0.05, 0.1) is 11.4 Å². The molecule has 102 valence electrons. The minimum atomic E-state index is 0.121. The highest BCUT2D eigenvalue weighted by molar-refractivity contribution is 5.50. The standard InChI is InChI=1S/C16H18N4/c1-15(2)10-7-8-16(15,3)13-12(10)18-14(20-19-13)11-6-4-5-9-17-11/h4-6,9-10H,7-8H2,1-3H3. The van der Waals surface area contributed by atoms with Crippen molar-refractivity contribution in [2.24, 2.45) is 5.41 Å². The van der Waals surface area contributed by atoms with Gasteiger partial charge in [-0.3, -0.25) is 4.98 Å². The van der Waals surface area contributed by atoms with Crippen LogP contribution < -0.4 is 0 Å². The molecule has 20 heavy (non-hydrogen) atoms. The molecule has 0 aromatic carbocycles. The molecule has 2 aromatic rings. The first kappa shape index (κ1) is 11.9. The quantitative estimate of drug-likeness (QED) is 0.795. The van der Waals surface area contributed by atoms with Gasteiger partial charge in [0.2, 0.25) is 5.82 Å². The zero-order valence-electron chi connectivity index (χ0n) is 12.1. The van der Waals surface area contributed by atoms with E-state index in [0.29, 0.717) is 11.7 Å². The maximum absolute atomic E-state index is 4.81. The SMILES string of the molecule is CC12CCC(c3nc(-c4ccccn4)nnc31)C2(C)C. The van der Waals surface area contributed by atoms with Crippen molar-refractivity contribution in [3.8, 4) is 11.5 Å². The lowest BCUT2D eigenvalue weighted by molar-refractivity contribution is 0.226. The van der Waals surface area contributed by atoms with Crippen LogP contribution in [0, 0.1) is 5.41 Å². The first-order chi connectivity index (χ1) is 9.54. The van der Waals surface area contributed by atoms with Crippen molar-refractivity contribution < 1.29 is 0 Å². The molecule has 2 aliphatic carbocycles. The van der Waals surface area contributed by atoms with E-state index in [9.17, 15) is 0 Å². The molecule has 1 fully saturated rings. The third-order valence-corrected chi connectivity index (χ3v) is 5.69. The molecule has 2 heterocycles. The van der Waals surface area contributed by atoms with Crippen LogP contribution in [-0.2, 0) is 5.41 Å². The summed E-state index contributed by atoms with van der Waals surface area (Å²) in [7, 11) is 0. The van der Waals surface area contributed by atoms with Gasteiger partial charge in [-0.2, -0.15) is 5.10 Å². The molecule has 1 saturated carbocycles. The Balaban J connectivity index is 1.88. The van der Waals surface area contributed by atoms with Crippen LogP contribution in [0.1, 0.15) is 50.9 Å². The molecule has 0 radical (unpaired) electrons. The summed E-state index contributed by atoms with van der Waals surface area (Å²) < 4.78 is 0. The molecule has 0 N–H and O–H groups in total. The monoisotopic (exact) mass is 266 g/mol. The van der Waals surface area contributed by atoms with E-state index in [1.54, 1.807) is 6.20 Å². The summed E-state index contributed by atoms with van der Waals surface area (Å²) in [6, 6.07) is 5.79. The van der Waals surface area contributed by atoms with Gasteiger partial charge in [0.1, 0.15) is 5.69 Å². The minimum absolute atomic E-state index is 0.121. The van der Waals surface area contributed by atoms with Crippen molar-refractivity contribution in [2.75, 3.05) is 0 Å². The normalized spacial score (nSPS) is 29.4. The first-order valence-corrected chi connectivity index (χ1v) is 7.20. The van der Waals surface area contributed by atoms with Gasteiger partial charge in [-0.05, 0) is 30.4 Å². The second kappa shape index (κ2) is 3.62. The van der Waals surface area contributed by atoms with Gasteiger partial charge in [0.15, 0.2) is 0 Å². The molecule has 4 rings (SSSR count). The molecule has 0 saturated heterocycles. The minimum Gasteiger partial charge on any atom is -0.253 e. The lowest BCUT2D eigenvalue weighted by Crippen LogP contribution is -2.32. The fourth-order valence-corrected chi connectivity index (χ4v) is 3.98. The molecule has 0 spiro atoms. The number of pyridine rings is 1. The summed E-state index contributed by atoms with van der Waals surface area (Å²) >= 11 is 0. The molecule has 0 aliphatic heterocycles. The van der Waals surface area contributed by atoms with E-state index >= 15 is 0 Å². The highest BCUT2D eigenvalue weighted by atomic mass is 15.2. The number of aromatic nitrogens is 4. The van der Waals surface area contributed by atoms with Crippen LogP contribution in [0.5, 0.6) is 0 Å². The van der Waals surface area contributed by atoms with Gasteiger partial charge in [-0.25, -0.2) is 4.98 Å². The Kier molecular flexibility index (Phi) is 2.16. The second-order valence-electron chi connectivity index (χ2n) is 6.73. The zero-order valence-corrected chi connectivity index (χ0v) is 12.1. The van der Waals surface area contributed by atoms with Crippen LogP contribution in [0.2, 0.25) is 0 Å². The van der Waals surface area contributed by atoms with Crippen LogP contribution in [0.3, 0.4) is 0 Å². The fraction of sp³-hybridized carbons (Fsp3) is 0.500. The maximum Gasteiger partial charge on any atom is 0.200 e. The number of nitrogens with zero attached hydrogens (tertiary/aromatic N) is 4. The molecular formula is C16H18N4. The lowest BCUT2D eigenvalue weighted by atomic mass is 9.70. The first-order valence-electron chi connectivity index (χ1n) is 7.20. The second-order valence-corrected chi connectivity index (χ2v) is 6.73. The summed E-state index contributed by atoms with van der Waals surface area (Å²) in [5.41, 5.74) is 3.40. The third kappa shape index (κ3) is 1.27. The molecule has 2 bridgehead atoms. The molecule has 4 nitrogen and oxygen atoms in total. The molecule has 0 amide bonds. The predicted molar refractivity (Wildman–Crippen MR) is 76.2 cm³/mol. The Morgan fingerprint density at radius 1 is 1.15 bits per heavy atom. The maximum atomic E-state index is 4.81. The molecule has 2 aliphatic rings. The van der Waals surface area contributed by atoms with Gasteiger partial charge < -0.3 is 0 Å². The average molecular weight is 266 g/mol. The molecule has 2 aromatic heterocycles. The van der Waals surface area contributed by atoms with Crippen LogP contribution in [0.4, 0.5) is 0 Å². The Hall–Kier alpha value is -1.84. The smallest absolute Gasteiger partial charge is 0.200 e. The zero-order chi connectivity index (χ0) is 14.0. The average Bonchev–Trinajstić information content (AvgIpc) is 2.79. The van der Waals surface area contributed by atoms with E-state index in [4.69, 9.17) is 4.98 Å². The van der Waals surface area contributed by atoms with Gasteiger partial charge in [0.25, 0.3) is 0 Å². The van der Waals surface area contributed by atoms with Crippen LogP contribution in [0.15, 0.2) is 24.4 Å². The van der Waals surface area contributed by atoms with Crippen molar-refractivity contribution >= 4 is 0 Å². The Morgan fingerprint density at radius 3 is 2.75 bits per heavy atom. The summed E-state index contributed by atoms with van der Waals surface area (Å²) in [5, 5.41) is 8.86. The summed E-state index contributed by atoms with van der Waals surface area (Å²) in [4.78, 5) is 9.14. The molecule has 4 heteroatoms. The highest BCUT2D eigenvalue weighted by Gasteiger charge is 2.61. The Morgan fingerprint density at radius 2 is 2.00 bits per heavy atom. The van der Waals surface area contributed by atoms with E-state index in [-0.39, 0.29) is 10.8 Å². The number of fused-ring (bicyclic) bond motifs is 5. The van der Waals surface area contributed by atoms with Crippen LogP contribution >= 0.6 is 0 Å². The van der Waals surface area contributed by atoms with Crippen molar-refractivity contribution in [1.82, 2.24) is 20.2 Å². The van der Waals surface area contributed by atoms with Crippen LogP contribution in [-0.4, -0.2) is 20.2 Å². The van der Waals surface area contributed by atoms with Gasteiger partial charge in [0, 0.05) is 17.5 Å². The van der Waals surface area contributed by atoms with E-state index in [0.717, 1.165) is 17.1 Å². The van der Waals surface area contributed by atoms with Crippen molar-refractivity contribution in [3.63, 3.8) is 0 Å². The third-order valence-electron chi connectivity index (χ3n) is 5.69. The van der Waals surface area contributed by atoms with E-state index in [2.05, 4.69) is 36.0 Å². The lowest BCUT2D eigenvalue weighted by Gasteiger charge is -2.33. The fourth-order valence-electron chi connectivity index (χ4n) is 3.98. The van der Waals surface area contributed by atoms with Crippen molar-refractivity contribution in [2.45, 2.75) is 44.9 Å². The van der Waals surface area contributed by atoms with E-state index in [1.165, 1.54) is 12.8 Å². The van der Waals surface area contributed by atoms with Crippen molar-refractivity contribution in [3.05, 3.63) is 35.8 Å². The summed E-state index contributed by atoms with van der Waals surface area (Å²) in [5.74, 6) is 1.15. The van der Waals surface area contributed by atoms with E-state index < -0.39 is 0 Å². The number of hydrogen-bond acceptors (Lipinski definition) is 4. The highest BCUT2D eigenvalue weighted by Crippen LogP contribution is 2.66. The molecule has 2 unspecified atom stereocenters. The predicted octanol–water partition coefficient (Wildman–Crippen LogP) is 3.11. The molecular weight excluding hydrogens is 248 g/mol. The van der Waals surface area contributed by atoms with E-state index in [1.807, 2.05) is 18.2 Å². The number of rotatable bonds is 1. The van der Waals surface area contributed by atoms with Crippen LogP contribution in [0.25, 0.3) is 11.5 Å². The number of hydrogen-bond donors (Lipinski definition) is 0. The summed E-state index contributed by atoms with van der Waals surface area (Å²) in [6.45, 7) is 7.00. The molecule has 2 atom stereocenters. The van der Waals surface area contributed by atoms with Gasteiger partial charge in [-0.1, -0.05) is 26.8 Å². The summed E-state index contributed by atoms with van der Waals surface area (Å²) in [6.07, 6.45) is 4.16. The topological polar surface area (TPSA) is 51.6 Å². The van der Waals surface area contributed by atoms with Gasteiger partial charge in [-0.15, -0.1) is 5.10 Å². The van der Waals surface area contributed by atoms with Gasteiger partial charge >= 0.3 is 0 Å². The Labute approximate surface area is 118 Å². The largest absolute Gasteiger partial charge is 0.253 e.